The maximum Gasteiger partial charge on any atom is 0.0233 e. The molecule has 2 heteroatoms. The third-order valence-electron chi connectivity index (χ3n) is 5.12. The lowest BCUT2D eigenvalue weighted by molar-refractivity contribution is 0.108. The van der Waals surface area contributed by atoms with Gasteiger partial charge in [-0.2, -0.15) is 0 Å². The predicted molar refractivity (Wildman–Crippen MR) is 91.4 cm³/mol. The zero-order valence-electron chi connectivity index (χ0n) is 14.2. The molecule has 0 aliphatic carbocycles. The molecule has 1 heterocycles. The first-order chi connectivity index (χ1) is 9.90. The van der Waals surface area contributed by atoms with E-state index in [2.05, 4.69) is 56.9 Å². The summed E-state index contributed by atoms with van der Waals surface area (Å²) in [5.74, 6) is 1.34. The van der Waals surface area contributed by atoms with Crippen molar-refractivity contribution in [1.29, 1.82) is 0 Å². The van der Waals surface area contributed by atoms with Crippen LogP contribution >= 0.6 is 0 Å². The fraction of sp³-hybridized carbons (Fsp3) is 0.684. The molecule has 1 aliphatic heterocycles. The van der Waals surface area contributed by atoms with E-state index in [-0.39, 0.29) is 0 Å². The number of benzene rings is 1. The molecule has 1 saturated heterocycles. The van der Waals surface area contributed by atoms with Gasteiger partial charge in [0.1, 0.15) is 0 Å². The van der Waals surface area contributed by atoms with Gasteiger partial charge in [-0.3, -0.25) is 4.90 Å². The average molecular weight is 288 g/mol. The van der Waals surface area contributed by atoms with Crippen molar-refractivity contribution in [3.8, 4) is 0 Å². The largest absolute Gasteiger partial charge is 0.330 e. The van der Waals surface area contributed by atoms with Crippen molar-refractivity contribution in [2.45, 2.75) is 53.0 Å². The highest BCUT2D eigenvalue weighted by molar-refractivity contribution is 5.25. The molecule has 1 aromatic carbocycles. The van der Waals surface area contributed by atoms with Gasteiger partial charge in [0.05, 0.1) is 0 Å². The second-order valence-electron chi connectivity index (χ2n) is 7.79. The van der Waals surface area contributed by atoms with E-state index in [1.165, 1.54) is 37.1 Å². The van der Waals surface area contributed by atoms with E-state index < -0.39 is 0 Å². The molecule has 1 unspecified atom stereocenters. The van der Waals surface area contributed by atoms with Crippen LogP contribution in [0.2, 0.25) is 0 Å². The van der Waals surface area contributed by atoms with Gasteiger partial charge in [0.15, 0.2) is 0 Å². The fourth-order valence-corrected chi connectivity index (χ4v) is 3.30. The number of hydrogen-bond donors (Lipinski definition) is 1. The van der Waals surface area contributed by atoms with Crippen molar-refractivity contribution in [1.82, 2.24) is 4.90 Å². The summed E-state index contributed by atoms with van der Waals surface area (Å²) in [7, 11) is 0. The number of hydrogen-bond acceptors (Lipinski definition) is 2. The minimum atomic E-state index is 0.460. The predicted octanol–water partition coefficient (Wildman–Crippen LogP) is 4.01. The summed E-state index contributed by atoms with van der Waals surface area (Å²) in [4.78, 5) is 2.60. The molecule has 118 valence electrons. The van der Waals surface area contributed by atoms with Gasteiger partial charge in [-0.1, -0.05) is 52.0 Å². The molecule has 1 aliphatic rings. The van der Waals surface area contributed by atoms with Crippen molar-refractivity contribution in [3.05, 3.63) is 35.4 Å². The van der Waals surface area contributed by atoms with E-state index in [9.17, 15) is 0 Å². The Morgan fingerprint density at radius 2 is 1.71 bits per heavy atom. The van der Waals surface area contributed by atoms with Crippen LogP contribution in [-0.2, 0) is 6.54 Å². The molecule has 0 amide bonds. The van der Waals surface area contributed by atoms with Gasteiger partial charge in [-0.25, -0.2) is 0 Å². The van der Waals surface area contributed by atoms with E-state index in [0.29, 0.717) is 11.3 Å². The maximum absolute atomic E-state index is 5.73. The first kappa shape index (κ1) is 16.5. The van der Waals surface area contributed by atoms with E-state index in [0.717, 1.165) is 19.0 Å². The van der Waals surface area contributed by atoms with Crippen LogP contribution in [-0.4, -0.2) is 24.5 Å². The summed E-state index contributed by atoms with van der Waals surface area (Å²) in [6.45, 7) is 13.6. The average Bonchev–Trinajstić information content (AvgIpc) is 2.47. The third kappa shape index (κ3) is 4.55. The van der Waals surface area contributed by atoms with Crippen molar-refractivity contribution >= 4 is 0 Å². The van der Waals surface area contributed by atoms with E-state index in [1.807, 2.05) is 0 Å². The Bertz CT molecular complexity index is 422. The van der Waals surface area contributed by atoms with Crippen molar-refractivity contribution in [3.63, 3.8) is 0 Å². The van der Waals surface area contributed by atoms with Gasteiger partial charge in [0.25, 0.3) is 0 Å². The van der Waals surface area contributed by atoms with Crippen LogP contribution < -0.4 is 5.73 Å². The molecule has 21 heavy (non-hydrogen) atoms. The van der Waals surface area contributed by atoms with Gasteiger partial charge in [0.2, 0.25) is 0 Å². The molecular formula is C19H32N2. The van der Waals surface area contributed by atoms with Gasteiger partial charge in [-0.15, -0.1) is 0 Å². The lowest BCUT2D eigenvalue weighted by Gasteiger charge is -2.38. The Kier molecular flexibility index (Phi) is 5.45. The second kappa shape index (κ2) is 6.93. The minimum absolute atomic E-state index is 0.460. The summed E-state index contributed by atoms with van der Waals surface area (Å²) in [6.07, 6.45) is 2.68. The molecule has 1 fully saturated rings. The van der Waals surface area contributed by atoms with Crippen LogP contribution in [0.4, 0.5) is 0 Å². The number of rotatable bonds is 4. The topological polar surface area (TPSA) is 29.3 Å². The monoisotopic (exact) mass is 288 g/mol. The summed E-state index contributed by atoms with van der Waals surface area (Å²) >= 11 is 0. The molecular weight excluding hydrogens is 256 g/mol. The number of likely N-dealkylation sites (tertiary alicyclic amines) is 1. The Morgan fingerprint density at radius 3 is 2.19 bits per heavy atom. The highest BCUT2D eigenvalue weighted by Crippen LogP contribution is 2.34. The molecule has 0 radical (unpaired) electrons. The van der Waals surface area contributed by atoms with Gasteiger partial charge >= 0.3 is 0 Å². The lowest BCUT2D eigenvalue weighted by atomic mass is 9.75. The molecule has 0 spiro atoms. The highest BCUT2D eigenvalue weighted by atomic mass is 15.1. The maximum atomic E-state index is 5.73. The standard InChI is InChI=1S/C19H32N2/c1-15(13-20)17-7-5-16(6-8-17)14-21-11-9-18(10-12-21)19(2,3)4/h5-8,15,18H,9-14,20H2,1-4H3. The van der Waals surface area contributed by atoms with E-state index in [1.54, 1.807) is 0 Å². The zero-order chi connectivity index (χ0) is 15.5. The Labute approximate surface area is 130 Å². The smallest absolute Gasteiger partial charge is 0.0233 e. The molecule has 1 aromatic rings. The normalized spacial score (nSPS) is 19.7. The van der Waals surface area contributed by atoms with E-state index >= 15 is 0 Å². The SMILES string of the molecule is CC(CN)c1ccc(CN2CCC(C(C)(C)C)CC2)cc1. The molecule has 0 bridgehead atoms. The third-order valence-corrected chi connectivity index (χ3v) is 5.12. The molecule has 0 aromatic heterocycles. The van der Waals surface area contributed by atoms with Crippen molar-refractivity contribution in [2.75, 3.05) is 19.6 Å². The second-order valence-corrected chi connectivity index (χ2v) is 7.79. The van der Waals surface area contributed by atoms with Crippen LogP contribution in [0.25, 0.3) is 0 Å². The van der Waals surface area contributed by atoms with Crippen molar-refractivity contribution in [2.24, 2.45) is 17.1 Å². The van der Waals surface area contributed by atoms with Crippen molar-refractivity contribution < 1.29 is 0 Å². The van der Waals surface area contributed by atoms with Crippen LogP contribution in [0.5, 0.6) is 0 Å². The van der Waals surface area contributed by atoms with E-state index in [4.69, 9.17) is 5.73 Å². The van der Waals surface area contributed by atoms with Crippen LogP contribution in [0.1, 0.15) is 57.6 Å². The number of nitrogens with two attached hydrogens (primary N) is 1. The quantitative estimate of drug-likeness (QED) is 0.907. The van der Waals surface area contributed by atoms with Crippen LogP contribution in [0.3, 0.4) is 0 Å². The Morgan fingerprint density at radius 1 is 1.14 bits per heavy atom. The lowest BCUT2D eigenvalue weighted by Crippen LogP contribution is -2.37. The van der Waals surface area contributed by atoms with Crippen LogP contribution in [0.15, 0.2) is 24.3 Å². The Balaban J connectivity index is 1.86. The molecule has 1 atom stereocenters. The number of nitrogens with zero attached hydrogens (tertiary/aromatic N) is 1. The molecule has 2 N–H and O–H groups in total. The highest BCUT2D eigenvalue weighted by Gasteiger charge is 2.28. The first-order valence-electron chi connectivity index (χ1n) is 8.41. The minimum Gasteiger partial charge on any atom is -0.330 e. The molecule has 2 nitrogen and oxygen atoms in total. The van der Waals surface area contributed by atoms with Gasteiger partial charge < -0.3 is 5.73 Å². The summed E-state index contributed by atoms with van der Waals surface area (Å²) < 4.78 is 0. The van der Waals surface area contributed by atoms with Crippen LogP contribution in [0, 0.1) is 11.3 Å². The molecule has 2 rings (SSSR count). The zero-order valence-corrected chi connectivity index (χ0v) is 14.2. The first-order valence-corrected chi connectivity index (χ1v) is 8.41. The fourth-order valence-electron chi connectivity index (χ4n) is 3.30. The summed E-state index contributed by atoms with van der Waals surface area (Å²) in [5.41, 5.74) is 8.98. The molecule has 0 saturated carbocycles. The summed E-state index contributed by atoms with van der Waals surface area (Å²) in [6, 6.07) is 9.04. The Hall–Kier alpha value is -0.860. The van der Waals surface area contributed by atoms with Gasteiger partial charge in [-0.05, 0) is 60.9 Å². The number of piperidine rings is 1. The van der Waals surface area contributed by atoms with Gasteiger partial charge in [0, 0.05) is 6.54 Å². The summed E-state index contributed by atoms with van der Waals surface area (Å²) in [5, 5.41) is 0.